The Balaban J connectivity index is 2.15. The number of hydrogen-bond acceptors (Lipinski definition) is 2. The van der Waals surface area contributed by atoms with Crippen LogP contribution in [-0.2, 0) is 6.42 Å². The van der Waals surface area contributed by atoms with Crippen molar-refractivity contribution in [3.63, 3.8) is 0 Å². The number of halogens is 2. The van der Waals surface area contributed by atoms with Crippen molar-refractivity contribution in [2.75, 3.05) is 19.6 Å². The van der Waals surface area contributed by atoms with Gasteiger partial charge in [0.15, 0.2) is 11.6 Å². The van der Waals surface area contributed by atoms with Crippen LogP contribution < -0.4 is 5.73 Å². The third kappa shape index (κ3) is 2.70. The maximum atomic E-state index is 13.2. The first-order chi connectivity index (χ1) is 8.55. The van der Waals surface area contributed by atoms with Gasteiger partial charge < -0.3 is 5.73 Å². The molecule has 1 heterocycles. The van der Waals surface area contributed by atoms with E-state index in [0.717, 1.165) is 18.7 Å². The molecule has 1 aliphatic heterocycles. The number of rotatable bonds is 4. The molecular formula is C14H20F2N2. The minimum Gasteiger partial charge on any atom is -0.329 e. The van der Waals surface area contributed by atoms with Crippen molar-refractivity contribution < 1.29 is 8.78 Å². The molecule has 0 aromatic heterocycles. The van der Waals surface area contributed by atoms with Crippen molar-refractivity contribution in [3.05, 3.63) is 35.4 Å². The van der Waals surface area contributed by atoms with Gasteiger partial charge in [0.05, 0.1) is 0 Å². The SMILES string of the molecule is CC(CN)(Cc1ccc(F)c(F)c1)N1CCCC1. The fraction of sp³-hybridized carbons (Fsp3) is 0.571. The van der Waals surface area contributed by atoms with E-state index in [9.17, 15) is 8.78 Å². The number of hydrogen-bond donors (Lipinski definition) is 1. The van der Waals surface area contributed by atoms with E-state index in [1.54, 1.807) is 6.07 Å². The second kappa shape index (κ2) is 5.33. The molecule has 0 radical (unpaired) electrons. The predicted octanol–water partition coefficient (Wildman–Crippen LogP) is 2.32. The van der Waals surface area contributed by atoms with Crippen molar-refractivity contribution in [1.29, 1.82) is 0 Å². The van der Waals surface area contributed by atoms with Crippen LogP contribution in [0.4, 0.5) is 8.78 Å². The Hall–Kier alpha value is -1.00. The Kier molecular flexibility index (Phi) is 3.97. The zero-order valence-corrected chi connectivity index (χ0v) is 10.8. The summed E-state index contributed by atoms with van der Waals surface area (Å²) in [6, 6.07) is 4.10. The van der Waals surface area contributed by atoms with Crippen LogP contribution in [0.3, 0.4) is 0 Å². The minimum atomic E-state index is -0.797. The Morgan fingerprint density at radius 2 is 1.89 bits per heavy atom. The van der Waals surface area contributed by atoms with E-state index in [4.69, 9.17) is 5.73 Å². The van der Waals surface area contributed by atoms with E-state index in [1.165, 1.54) is 25.0 Å². The van der Waals surface area contributed by atoms with Gasteiger partial charge in [-0.15, -0.1) is 0 Å². The lowest BCUT2D eigenvalue weighted by molar-refractivity contribution is 0.143. The summed E-state index contributed by atoms with van der Waals surface area (Å²) in [5.74, 6) is -1.58. The highest BCUT2D eigenvalue weighted by atomic mass is 19.2. The molecule has 2 N–H and O–H groups in total. The summed E-state index contributed by atoms with van der Waals surface area (Å²) in [4.78, 5) is 2.36. The lowest BCUT2D eigenvalue weighted by atomic mass is 9.91. The molecule has 1 saturated heterocycles. The van der Waals surface area contributed by atoms with E-state index in [0.29, 0.717) is 13.0 Å². The molecule has 0 aliphatic carbocycles. The molecule has 1 unspecified atom stereocenters. The molecule has 1 aromatic carbocycles. The van der Waals surface area contributed by atoms with Gasteiger partial charge in [0.2, 0.25) is 0 Å². The fourth-order valence-electron chi connectivity index (χ4n) is 2.66. The maximum Gasteiger partial charge on any atom is 0.159 e. The lowest BCUT2D eigenvalue weighted by Gasteiger charge is -2.38. The van der Waals surface area contributed by atoms with Crippen molar-refractivity contribution in [2.45, 2.75) is 31.7 Å². The first-order valence-electron chi connectivity index (χ1n) is 6.44. The molecule has 0 amide bonds. The highest BCUT2D eigenvalue weighted by molar-refractivity contribution is 5.20. The summed E-state index contributed by atoms with van der Waals surface area (Å²) in [5.41, 5.74) is 6.53. The van der Waals surface area contributed by atoms with E-state index in [-0.39, 0.29) is 5.54 Å². The monoisotopic (exact) mass is 254 g/mol. The normalized spacial score (nSPS) is 20.0. The van der Waals surface area contributed by atoms with Crippen LogP contribution in [0.5, 0.6) is 0 Å². The van der Waals surface area contributed by atoms with Crippen LogP contribution in [0.25, 0.3) is 0 Å². The Bertz CT molecular complexity index is 416. The minimum absolute atomic E-state index is 0.166. The van der Waals surface area contributed by atoms with Gasteiger partial charge in [0, 0.05) is 12.1 Å². The third-order valence-electron chi connectivity index (χ3n) is 3.88. The molecule has 1 aromatic rings. The molecule has 1 atom stereocenters. The van der Waals surface area contributed by atoms with Crippen LogP contribution in [-0.4, -0.2) is 30.1 Å². The van der Waals surface area contributed by atoms with Gasteiger partial charge in [-0.2, -0.15) is 0 Å². The van der Waals surface area contributed by atoms with Gasteiger partial charge >= 0.3 is 0 Å². The van der Waals surface area contributed by atoms with Gasteiger partial charge in [-0.05, 0) is 57.0 Å². The van der Waals surface area contributed by atoms with Gasteiger partial charge in [0.1, 0.15) is 0 Å². The van der Waals surface area contributed by atoms with E-state index < -0.39 is 11.6 Å². The highest BCUT2D eigenvalue weighted by Crippen LogP contribution is 2.25. The molecule has 18 heavy (non-hydrogen) atoms. The Morgan fingerprint density at radius 3 is 2.44 bits per heavy atom. The topological polar surface area (TPSA) is 29.3 Å². The van der Waals surface area contributed by atoms with Crippen LogP contribution in [0.1, 0.15) is 25.3 Å². The molecule has 0 spiro atoms. The Morgan fingerprint density at radius 1 is 1.22 bits per heavy atom. The second-order valence-electron chi connectivity index (χ2n) is 5.32. The van der Waals surface area contributed by atoms with Crippen LogP contribution in [0, 0.1) is 11.6 Å². The van der Waals surface area contributed by atoms with Crippen molar-refractivity contribution in [2.24, 2.45) is 5.73 Å². The van der Waals surface area contributed by atoms with E-state index in [2.05, 4.69) is 11.8 Å². The fourth-order valence-corrected chi connectivity index (χ4v) is 2.66. The molecule has 0 saturated carbocycles. The predicted molar refractivity (Wildman–Crippen MR) is 68.3 cm³/mol. The van der Waals surface area contributed by atoms with E-state index in [1.807, 2.05) is 0 Å². The highest BCUT2D eigenvalue weighted by Gasteiger charge is 2.32. The zero-order chi connectivity index (χ0) is 13.2. The van der Waals surface area contributed by atoms with Crippen LogP contribution in [0.2, 0.25) is 0 Å². The molecule has 1 fully saturated rings. The summed E-state index contributed by atoms with van der Waals surface area (Å²) < 4.78 is 26.1. The van der Waals surface area contributed by atoms with Crippen molar-refractivity contribution in [1.82, 2.24) is 4.90 Å². The average molecular weight is 254 g/mol. The molecule has 2 rings (SSSR count). The first kappa shape index (κ1) is 13.4. The number of likely N-dealkylation sites (tertiary alicyclic amines) is 1. The lowest BCUT2D eigenvalue weighted by Crippen LogP contribution is -2.51. The maximum absolute atomic E-state index is 13.2. The zero-order valence-electron chi connectivity index (χ0n) is 10.8. The quantitative estimate of drug-likeness (QED) is 0.893. The smallest absolute Gasteiger partial charge is 0.159 e. The molecule has 2 nitrogen and oxygen atoms in total. The summed E-state index contributed by atoms with van der Waals surface area (Å²) >= 11 is 0. The molecule has 100 valence electrons. The largest absolute Gasteiger partial charge is 0.329 e. The van der Waals surface area contributed by atoms with Gasteiger partial charge in [0.25, 0.3) is 0 Å². The molecule has 1 aliphatic rings. The summed E-state index contributed by atoms with van der Waals surface area (Å²) in [5, 5.41) is 0. The van der Waals surface area contributed by atoms with Crippen molar-refractivity contribution >= 4 is 0 Å². The van der Waals surface area contributed by atoms with Crippen LogP contribution >= 0.6 is 0 Å². The molecule has 0 bridgehead atoms. The Labute approximate surface area is 107 Å². The number of benzene rings is 1. The standard InChI is InChI=1S/C14H20F2N2/c1-14(10-17,18-6-2-3-7-18)9-11-4-5-12(15)13(16)8-11/h4-5,8H,2-3,6-7,9-10,17H2,1H3. The third-order valence-corrected chi connectivity index (χ3v) is 3.88. The molecular weight excluding hydrogens is 234 g/mol. The summed E-state index contributed by atoms with van der Waals surface area (Å²) in [7, 11) is 0. The first-order valence-corrected chi connectivity index (χ1v) is 6.44. The molecule has 4 heteroatoms. The number of nitrogens with zero attached hydrogens (tertiary/aromatic N) is 1. The second-order valence-corrected chi connectivity index (χ2v) is 5.32. The summed E-state index contributed by atoms with van der Waals surface area (Å²) in [6.07, 6.45) is 3.03. The van der Waals surface area contributed by atoms with Gasteiger partial charge in [-0.3, -0.25) is 4.90 Å². The van der Waals surface area contributed by atoms with Crippen LogP contribution in [0.15, 0.2) is 18.2 Å². The summed E-state index contributed by atoms with van der Waals surface area (Å²) in [6.45, 7) is 4.69. The van der Waals surface area contributed by atoms with Gasteiger partial charge in [-0.25, -0.2) is 8.78 Å². The van der Waals surface area contributed by atoms with Crippen molar-refractivity contribution in [3.8, 4) is 0 Å². The number of nitrogens with two attached hydrogens (primary N) is 1. The van der Waals surface area contributed by atoms with Gasteiger partial charge in [-0.1, -0.05) is 6.07 Å². The average Bonchev–Trinajstić information content (AvgIpc) is 2.88. The van der Waals surface area contributed by atoms with E-state index >= 15 is 0 Å².